The molecule has 2 amide bonds. The van der Waals surface area contributed by atoms with E-state index in [0.29, 0.717) is 25.4 Å². The van der Waals surface area contributed by atoms with E-state index in [9.17, 15) is 24.9 Å². The van der Waals surface area contributed by atoms with Crippen molar-refractivity contribution in [1.82, 2.24) is 30.4 Å². The number of rotatable bonds is 20. The maximum atomic E-state index is 12.6. The normalized spacial score (nSPS) is 15.2. The van der Waals surface area contributed by atoms with Crippen LogP contribution < -0.4 is 22.1 Å². The summed E-state index contributed by atoms with van der Waals surface area (Å²) in [6.45, 7) is 8.13. The fraction of sp³-hybridized carbons (Fsp3) is 0.667. The number of likely N-dealkylation sites (tertiary alicyclic amines) is 1. The van der Waals surface area contributed by atoms with E-state index in [1.165, 1.54) is 11.1 Å². The zero-order chi connectivity index (χ0) is 37.8. The molecule has 3 rings (SSSR count). The van der Waals surface area contributed by atoms with Gasteiger partial charge < -0.3 is 52.3 Å². The number of hydrogen-bond donors (Lipinski definition) is 8. The lowest BCUT2D eigenvalue weighted by molar-refractivity contribution is -0.133. The zero-order valence-corrected chi connectivity index (χ0v) is 31.3. The Balaban J connectivity index is 0.000000366. The monoisotopic (exact) mass is 736 g/mol. The van der Waals surface area contributed by atoms with Crippen molar-refractivity contribution in [3.8, 4) is 0 Å². The van der Waals surface area contributed by atoms with Crippen LogP contribution in [0, 0.1) is 12.8 Å². The second kappa shape index (κ2) is 24.2. The molecular formula is C36H61ClN8O6. The summed E-state index contributed by atoms with van der Waals surface area (Å²) in [5, 5.41) is 44.6. The molecule has 1 aliphatic heterocycles. The van der Waals surface area contributed by atoms with Crippen LogP contribution in [0.15, 0.2) is 24.3 Å². The SMILES string of the molecule is CCCCCCN(CCC(=O)N1CCC(CNC)CC1)C[C@H](O)[C@@H](O)[C@H](O)CO.Cc1ccccc1CCCNC(=O)c1nc(Cl)c(N)nc1N. The van der Waals surface area contributed by atoms with Crippen molar-refractivity contribution in [3.05, 3.63) is 46.2 Å². The summed E-state index contributed by atoms with van der Waals surface area (Å²) in [6.07, 6.45) is 4.51. The van der Waals surface area contributed by atoms with E-state index in [0.717, 1.165) is 77.5 Å². The molecule has 2 aromatic rings. The minimum absolute atomic E-state index is 0.00454. The summed E-state index contributed by atoms with van der Waals surface area (Å²) in [7, 11) is 1.96. The first-order valence-corrected chi connectivity index (χ1v) is 18.5. The smallest absolute Gasteiger partial charge is 0.273 e. The van der Waals surface area contributed by atoms with Crippen molar-refractivity contribution in [3.63, 3.8) is 0 Å². The summed E-state index contributed by atoms with van der Waals surface area (Å²) >= 11 is 5.75. The first kappa shape index (κ1) is 44.1. The van der Waals surface area contributed by atoms with Crippen LogP contribution in [0.1, 0.15) is 79.9 Å². The fourth-order valence-corrected chi connectivity index (χ4v) is 6.07. The molecule has 51 heavy (non-hydrogen) atoms. The molecule has 1 saturated heterocycles. The second-order valence-electron chi connectivity index (χ2n) is 13.2. The number of anilines is 2. The van der Waals surface area contributed by atoms with Gasteiger partial charge in [-0.05, 0) is 76.2 Å². The highest BCUT2D eigenvalue weighted by molar-refractivity contribution is 6.31. The molecule has 10 N–H and O–H groups in total. The Labute approximate surface area is 308 Å². The molecule has 1 aromatic heterocycles. The van der Waals surface area contributed by atoms with E-state index in [4.69, 9.17) is 28.2 Å². The van der Waals surface area contributed by atoms with Gasteiger partial charge in [-0.2, -0.15) is 0 Å². The molecule has 2 heterocycles. The van der Waals surface area contributed by atoms with Crippen molar-refractivity contribution in [1.29, 1.82) is 0 Å². The Morgan fingerprint density at radius 3 is 2.37 bits per heavy atom. The third kappa shape index (κ3) is 16.0. The van der Waals surface area contributed by atoms with Gasteiger partial charge in [0.25, 0.3) is 5.91 Å². The Morgan fingerprint density at radius 2 is 1.73 bits per heavy atom. The number of hydrogen-bond acceptors (Lipinski definition) is 12. The van der Waals surface area contributed by atoms with Crippen molar-refractivity contribution in [2.45, 2.75) is 89.9 Å². The van der Waals surface area contributed by atoms with Gasteiger partial charge in [-0.3, -0.25) is 9.59 Å². The van der Waals surface area contributed by atoms with Crippen molar-refractivity contribution >= 4 is 35.1 Å². The van der Waals surface area contributed by atoms with E-state index in [1.54, 1.807) is 0 Å². The molecule has 1 fully saturated rings. The molecule has 0 radical (unpaired) electrons. The molecule has 0 aliphatic carbocycles. The topological polar surface area (TPSA) is 223 Å². The van der Waals surface area contributed by atoms with Crippen LogP contribution in [-0.4, -0.2) is 130 Å². The van der Waals surface area contributed by atoms with Gasteiger partial charge in [-0.1, -0.05) is 62.1 Å². The average molecular weight is 737 g/mol. The number of aryl methyl sites for hydroxylation is 2. The summed E-state index contributed by atoms with van der Waals surface area (Å²) in [5.74, 6) is 0.343. The Hall–Kier alpha value is -3.11. The number of nitrogens with one attached hydrogen (secondary N) is 2. The van der Waals surface area contributed by atoms with E-state index >= 15 is 0 Å². The second-order valence-corrected chi connectivity index (χ2v) is 13.6. The predicted molar refractivity (Wildman–Crippen MR) is 201 cm³/mol. The molecule has 1 aliphatic rings. The fourth-order valence-electron chi connectivity index (χ4n) is 5.94. The van der Waals surface area contributed by atoms with Crippen LogP contribution in [0.2, 0.25) is 5.15 Å². The molecule has 14 nitrogen and oxygen atoms in total. The standard InChI is InChI=1S/C21H43N3O5.C15H18ClN5O/c1-3-4-5-6-10-23(15-18(26)21(29)19(27)16-25)11-9-20(28)24-12-7-17(8-13-24)14-22-2;1-9-5-2-3-6-10(9)7-4-8-19-15(22)11-13(17)21-14(18)12(16)20-11/h17-19,21-22,25-27,29H,3-16H2,1-2H3;2-3,5-6H,4,7-8H2,1H3,(H,19,22)(H4,17,18,21)/t18-,19+,21+;/m0./s1. The maximum Gasteiger partial charge on any atom is 0.273 e. The molecular weight excluding hydrogens is 676 g/mol. The average Bonchev–Trinajstić information content (AvgIpc) is 3.12. The van der Waals surface area contributed by atoms with Gasteiger partial charge in [0.2, 0.25) is 5.91 Å². The number of benzene rings is 1. The summed E-state index contributed by atoms with van der Waals surface area (Å²) in [4.78, 5) is 36.2. The number of carbonyl (C=O) groups is 2. The number of aliphatic hydroxyl groups excluding tert-OH is 4. The minimum Gasteiger partial charge on any atom is -0.394 e. The van der Waals surface area contributed by atoms with E-state index in [1.807, 2.05) is 29.0 Å². The van der Waals surface area contributed by atoms with E-state index < -0.39 is 30.8 Å². The number of aliphatic hydroxyl groups is 4. The lowest BCUT2D eigenvalue weighted by Gasteiger charge is -2.33. The molecule has 0 bridgehead atoms. The number of piperidine rings is 1. The van der Waals surface area contributed by atoms with Crippen LogP contribution in [0.25, 0.3) is 0 Å². The number of carbonyl (C=O) groups excluding carboxylic acids is 2. The third-order valence-corrected chi connectivity index (χ3v) is 9.42. The number of nitrogen functional groups attached to an aromatic ring is 2. The van der Waals surface area contributed by atoms with Gasteiger partial charge in [0.05, 0.1) is 12.7 Å². The van der Waals surface area contributed by atoms with Crippen LogP contribution >= 0.6 is 11.6 Å². The predicted octanol–water partition coefficient (Wildman–Crippen LogP) is 1.76. The number of aromatic nitrogens is 2. The summed E-state index contributed by atoms with van der Waals surface area (Å²) in [6, 6.07) is 8.17. The van der Waals surface area contributed by atoms with Crippen molar-refractivity contribution in [2.24, 2.45) is 5.92 Å². The van der Waals surface area contributed by atoms with Gasteiger partial charge in [0.15, 0.2) is 22.5 Å². The van der Waals surface area contributed by atoms with Crippen LogP contribution in [0.3, 0.4) is 0 Å². The number of unbranched alkanes of at least 4 members (excludes halogenated alkanes) is 3. The van der Waals surface area contributed by atoms with Gasteiger partial charge >= 0.3 is 0 Å². The lowest BCUT2D eigenvalue weighted by atomic mass is 9.96. The van der Waals surface area contributed by atoms with Gasteiger partial charge in [0.1, 0.15) is 12.2 Å². The van der Waals surface area contributed by atoms with Gasteiger partial charge in [0, 0.05) is 39.1 Å². The highest BCUT2D eigenvalue weighted by Crippen LogP contribution is 2.18. The van der Waals surface area contributed by atoms with Crippen molar-refractivity contribution in [2.75, 3.05) is 70.9 Å². The van der Waals surface area contributed by atoms with E-state index in [-0.39, 0.29) is 34.9 Å². The molecule has 3 atom stereocenters. The third-order valence-electron chi connectivity index (χ3n) is 9.14. The molecule has 0 unspecified atom stereocenters. The lowest BCUT2D eigenvalue weighted by Crippen LogP contribution is -2.47. The molecule has 0 saturated carbocycles. The highest BCUT2D eigenvalue weighted by Gasteiger charge is 2.27. The first-order chi connectivity index (χ1) is 24.4. The van der Waals surface area contributed by atoms with Crippen LogP contribution in [0.4, 0.5) is 11.6 Å². The first-order valence-electron chi connectivity index (χ1n) is 18.1. The summed E-state index contributed by atoms with van der Waals surface area (Å²) in [5.41, 5.74) is 13.6. The maximum absolute atomic E-state index is 12.6. The number of halogens is 1. The van der Waals surface area contributed by atoms with E-state index in [2.05, 4.69) is 46.6 Å². The number of amides is 2. The molecule has 288 valence electrons. The Kier molecular flexibility index (Phi) is 20.9. The zero-order valence-electron chi connectivity index (χ0n) is 30.6. The quantitative estimate of drug-likeness (QED) is 0.0911. The van der Waals surface area contributed by atoms with Crippen LogP contribution in [0.5, 0.6) is 0 Å². The molecule has 15 heteroatoms. The van der Waals surface area contributed by atoms with Gasteiger partial charge in [-0.15, -0.1) is 0 Å². The number of nitrogens with zero attached hydrogens (tertiary/aromatic N) is 4. The van der Waals surface area contributed by atoms with Gasteiger partial charge in [-0.25, -0.2) is 9.97 Å². The largest absolute Gasteiger partial charge is 0.394 e. The number of nitrogens with two attached hydrogens (primary N) is 2. The summed E-state index contributed by atoms with van der Waals surface area (Å²) < 4.78 is 0. The van der Waals surface area contributed by atoms with Crippen LogP contribution in [-0.2, 0) is 11.2 Å². The Morgan fingerprint density at radius 1 is 1.02 bits per heavy atom. The Bertz CT molecular complexity index is 1320. The molecule has 0 spiro atoms. The minimum atomic E-state index is -1.40. The van der Waals surface area contributed by atoms with Crippen molar-refractivity contribution < 1.29 is 30.0 Å². The highest BCUT2D eigenvalue weighted by atomic mass is 35.5. The molecule has 1 aromatic carbocycles.